The summed E-state index contributed by atoms with van der Waals surface area (Å²) in [6.07, 6.45) is 1.53. The Balaban J connectivity index is 1.62. The molecule has 0 bridgehead atoms. The van der Waals surface area contributed by atoms with Crippen molar-refractivity contribution in [3.05, 3.63) is 93.7 Å². The number of nitro benzene ring substituents is 1. The van der Waals surface area contributed by atoms with E-state index in [0.717, 1.165) is 0 Å². The largest absolute Gasteiger partial charge is 0.439 e. The molecular formula is C20H18N4O4. The van der Waals surface area contributed by atoms with Crippen molar-refractivity contribution >= 4 is 11.5 Å². The summed E-state index contributed by atoms with van der Waals surface area (Å²) in [7, 11) is 0. The van der Waals surface area contributed by atoms with E-state index in [4.69, 9.17) is 15.3 Å². The highest BCUT2D eigenvalue weighted by molar-refractivity contribution is 5.96. The van der Waals surface area contributed by atoms with Gasteiger partial charge in [0.25, 0.3) is 5.69 Å². The number of para-hydroxylation sites is 1. The first-order chi connectivity index (χ1) is 13.5. The minimum atomic E-state index is -0.429. The van der Waals surface area contributed by atoms with E-state index in [1.807, 2.05) is 30.3 Å². The first kappa shape index (κ1) is 18.8. The van der Waals surface area contributed by atoms with Gasteiger partial charge in [-0.05, 0) is 25.1 Å². The van der Waals surface area contributed by atoms with Gasteiger partial charge in [0.2, 0.25) is 5.88 Å². The second-order valence-electron chi connectivity index (χ2n) is 5.87. The molecule has 3 rings (SSSR count). The standard InChI is InChI=1S/C20H18N4O4/c1-14-16(6-5-9-18(14)24(25)26)13-27-23-20(21)15-10-11-19(22-12-15)28-17-7-3-2-4-8-17/h2-12H,13H2,1H3,(H2,21,23). The summed E-state index contributed by atoms with van der Waals surface area (Å²) in [5.41, 5.74) is 7.71. The maximum Gasteiger partial charge on any atom is 0.272 e. The number of nitrogens with two attached hydrogens (primary N) is 1. The van der Waals surface area contributed by atoms with Gasteiger partial charge in [0.1, 0.15) is 12.4 Å². The third-order valence-electron chi connectivity index (χ3n) is 3.99. The molecule has 2 aromatic carbocycles. The van der Waals surface area contributed by atoms with Crippen LogP contribution < -0.4 is 10.5 Å². The lowest BCUT2D eigenvalue weighted by atomic mass is 10.1. The molecule has 0 saturated heterocycles. The van der Waals surface area contributed by atoms with Gasteiger partial charge >= 0.3 is 0 Å². The molecule has 142 valence electrons. The summed E-state index contributed by atoms with van der Waals surface area (Å²) in [5, 5.41) is 14.8. The van der Waals surface area contributed by atoms with Crippen molar-refractivity contribution < 1.29 is 14.5 Å². The highest BCUT2D eigenvalue weighted by atomic mass is 16.6. The van der Waals surface area contributed by atoms with Gasteiger partial charge in [0, 0.05) is 35.0 Å². The van der Waals surface area contributed by atoms with Gasteiger partial charge in [0.05, 0.1) is 4.92 Å². The summed E-state index contributed by atoms with van der Waals surface area (Å²) in [6.45, 7) is 1.73. The van der Waals surface area contributed by atoms with Crippen LogP contribution in [0.25, 0.3) is 0 Å². The minimum Gasteiger partial charge on any atom is -0.439 e. The lowest BCUT2D eigenvalue weighted by molar-refractivity contribution is -0.385. The molecule has 0 aliphatic carbocycles. The van der Waals surface area contributed by atoms with Crippen LogP contribution in [0.4, 0.5) is 5.69 Å². The fourth-order valence-corrected chi connectivity index (χ4v) is 2.45. The SMILES string of the molecule is Cc1c(CO/N=C(/N)c2ccc(Oc3ccccc3)nc2)cccc1[N+](=O)[O-]. The Hall–Kier alpha value is -3.94. The zero-order chi connectivity index (χ0) is 19.9. The number of pyridine rings is 1. The number of rotatable bonds is 7. The summed E-state index contributed by atoms with van der Waals surface area (Å²) in [4.78, 5) is 20.0. The van der Waals surface area contributed by atoms with Crippen LogP contribution in [0, 0.1) is 17.0 Å². The molecule has 28 heavy (non-hydrogen) atoms. The molecule has 0 amide bonds. The molecule has 0 aliphatic heterocycles. The maximum atomic E-state index is 11.0. The van der Waals surface area contributed by atoms with E-state index in [9.17, 15) is 10.1 Å². The molecule has 0 aliphatic rings. The topological polar surface area (TPSA) is 113 Å². The van der Waals surface area contributed by atoms with E-state index < -0.39 is 4.92 Å². The number of hydrogen-bond acceptors (Lipinski definition) is 6. The van der Waals surface area contributed by atoms with Crippen molar-refractivity contribution in [2.75, 3.05) is 0 Å². The van der Waals surface area contributed by atoms with E-state index in [0.29, 0.717) is 28.3 Å². The zero-order valence-corrected chi connectivity index (χ0v) is 15.1. The Bertz CT molecular complexity index is 989. The second-order valence-corrected chi connectivity index (χ2v) is 5.87. The van der Waals surface area contributed by atoms with Crippen LogP contribution in [0.15, 0.2) is 72.0 Å². The molecule has 1 aromatic heterocycles. The van der Waals surface area contributed by atoms with Crippen LogP contribution in [-0.2, 0) is 11.4 Å². The van der Waals surface area contributed by atoms with Crippen molar-refractivity contribution in [3.63, 3.8) is 0 Å². The maximum absolute atomic E-state index is 11.0. The van der Waals surface area contributed by atoms with E-state index in [2.05, 4.69) is 10.1 Å². The van der Waals surface area contributed by atoms with Crippen molar-refractivity contribution in [1.29, 1.82) is 0 Å². The Morgan fingerprint density at radius 2 is 1.93 bits per heavy atom. The van der Waals surface area contributed by atoms with Crippen LogP contribution in [0.3, 0.4) is 0 Å². The molecule has 0 atom stereocenters. The molecular weight excluding hydrogens is 360 g/mol. The van der Waals surface area contributed by atoms with Crippen molar-refractivity contribution in [2.45, 2.75) is 13.5 Å². The average Bonchev–Trinajstić information content (AvgIpc) is 2.70. The summed E-state index contributed by atoms with van der Waals surface area (Å²) in [5.74, 6) is 1.25. The van der Waals surface area contributed by atoms with E-state index >= 15 is 0 Å². The number of hydrogen-bond donors (Lipinski definition) is 1. The molecule has 0 unspecified atom stereocenters. The number of ether oxygens (including phenoxy) is 1. The first-order valence-electron chi connectivity index (χ1n) is 8.42. The molecule has 2 N–H and O–H groups in total. The fraction of sp³-hybridized carbons (Fsp3) is 0.100. The van der Waals surface area contributed by atoms with E-state index in [1.54, 1.807) is 31.2 Å². The molecule has 8 nitrogen and oxygen atoms in total. The highest BCUT2D eigenvalue weighted by Gasteiger charge is 2.13. The Morgan fingerprint density at radius 1 is 1.14 bits per heavy atom. The first-order valence-corrected chi connectivity index (χ1v) is 8.42. The zero-order valence-electron chi connectivity index (χ0n) is 15.1. The van der Waals surface area contributed by atoms with Gasteiger partial charge in [-0.15, -0.1) is 0 Å². The molecule has 0 radical (unpaired) electrons. The third kappa shape index (κ3) is 4.61. The van der Waals surface area contributed by atoms with Crippen LogP contribution in [0.5, 0.6) is 11.6 Å². The second kappa shape index (κ2) is 8.63. The van der Waals surface area contributed by atoms with Gasteiger partial charge in [0.15, 0.2) is 5.84 Å². The predicted octanol–water partition coefficient (Wildman–Crippen LogP) is 3.93. The minimum absolute atomic E-state index is 0.0382. The molecule has 1 heterocycles. The molecule has 3 aromatic rings. The number of benzene rings is 2. The Morgan fingerprint density at radius 3 is 2.61 bits per heavy atom. The van der Waals surface area contributed by atoms with Crippen LogP contribution in [-0.4, -0.2) is 15.7 Å². The Labute approximate surface area is 161 Å². The van der Waals surface area contributed by atoms with Crippen molar-refractivity contribution in [1.82, 2.24) is 4.98 Å². The van der Waals surface area contributed by atoms with Gasteiger partial charge in [-0.25, -0.2) is 4.98 Å². The fourth-order valence-electron chi connectivity index (χ4n) is 2.45. The monoisotopic (exact) mass is 378 g/mol. The van der Waals surface area contributed by atoms with Crippen LogP contribution >= 0.6 is 0 Å². The highest BCUT2D eigenvalue weighted by Crippen LogP contribution is 2.22. The van der Waals surface area contributed by atoms with Crippen LogP contribution in [0.2, 0.25) is 0 Å². The lowest BCUT2D eigenvalue weighted by Crippen LogP contribution is -2.14. The van der Waals surface area contributed by atoms with Crippen molar-refractivity contribution in [2.24, 2.45) is 10.9 Å². The summed E-state index contributed by atoms with van der Waals surface area (Å²) in [6, 6.07) is 17.5. The summed E-state index contributed by atoms with van der Waals surface area (Å²) >= 11 is 0. The number of nitro groups is 1. The normalized spacial score (nSPS) is 11.1. The van der Waals surface area contributed by atoms with E-state index in [-0.39, 0.29) is 18.1 Å². The number of nitrogens with zero attached hydrogens (tertiary/aromatic N) is 3. The lowest BCUT2D eigenvalue weighted by Gasteiger charge is -2.07. The van der Waals surface area contributed by atoms with Gasteiger partial charge in [-0.2, -0.15) is 0 Å². The summed E-state index contributed by atoms with van der Waals surface area (Å²) < 4.78 is 5.62. The molecule has 0 saturated carbocycles. The van der Waals surface area contributed by atoms with Gasteiger partial charge in [-0.3, -0.25) is 10.1 Å². The molecule has 0 spiro atoms. The smallest absolute Gasteiger partial charge is 0.272 e. The molecule has 0 fully saturated rings. The average molecular weight is 378 g/mol. The third-order valence-corrected chi connectivity index (χ3v) is 3.99. The predicted molar refractivity (Wildman–Crippen MR) is 104 cm³/mol. The number of aromatic nitrogens is 1. The van der Waals surface area contributed by atoms with Gasteiger partial charge < -0.3 is 15.3 Å². The number of oxime groups is 1. The molecule has 8 heteroatoms. The quantitative estimate of drug-likeness (QED) is 0.288. The van der Waals surface area contributed by atoms with Crippen LogP contribution in [0.1, 0.15) is 16.7 Å². The van der Waals surface area contributed by atoms with Gasteiger partial charge in [-0.1, -0.05) is 35.5 Å². The van der Waals surface area contributed by atoms with E-state index in [1.165, 1.54) is 12.3 Å². The Kier molecular flexibility index (Phi) is 5.81. The number of amidine groups is 1. The van der Waals surface area contributed by atoms with Crippen molar-refractivity contribution in [3.8, 4) is 11.6 Å².